The third kappa shape index (κ3) is 5.62. The molecule has 1 unspecified atom stereocenters. The number of carbonyl (C=O) groups is 1. The van der Waals surface area contributed by atoms with Crippen molar-refractivity contribution in [3.63, 3.8) is 0 Å². The zero-order chi connectivity index (χ0) is 24.8. The van der Waals surface area contributed by atoms with Gasteiger partial charge in [-0.1, -0.05) is 65.9 Å². The summed E-state index contributed by atoms with van der Waals surface area (Å²) in [6, 6.07) is 23.0. The van der Waals surface area contributed by atoms with Gasteiger partial charge in [-0.2, -0.15) is 0 Å². The summed E-state index contributed by atoms with van der Waals surface area (Å²) in [5, 5.41) is 15.0. The van der Waals surface area contributed by atoms with Crippen molar-refractivity contribution in [3.05, 3.63) is 83.4 Å². The zero-order valence-corrected chi connectivity index (χ0v) is 20.6. The van der Waals surface area contributed by atoms with Gasteiger partial charge in [0.05, 0.1) is 0 Å². The van der Waals surface area contributed by atoms with E-state index in [4.69, 9.17) is 5.73 Å². The molecule has 2 atom stereocenters. The lowest BCUT2D eigenvalue weighted by molar-refractivity contribution is -0.122. The summed E-state index contributed by atoms with van der Waals surface area (Å²) < 4.78 is 0. The molecule has 0 saturated heterocycles. The Morgan fingerprint density at radius 1 is 1.08 bits per heavy atom. The number of fused-ring (bicyclic) bond motifs is 1. The van der Waals surface area contributed by atoms with Crippen LogP contribution in [-0.4, -0.2) is 38.3 Å². The van der Waals surface area contributed by atoms with E-state index in [1.807, 2.05) is 12.1 Å². The normalized spacial score (nSPS) is 18.9. The maximum atomic E-state index is 12.5. The number of nitrogens with zero attached hydrogens (tertiary/aromatic N) is 3. The van der Waals surface area contributed by atoms with Crippen LogP contribution < -0.4 is 11.1 Å². The van der Waals surface area contributed by atoms with Crippen molar-refractivity contribution in [2.45, 2.75) is 62.8 Å². The van der Waals surface area contributed by atoms with E-state index in [0.29, 0.717) is 30.1 Å². The molecule has 4 aromatic rings. The minimum absolute atomic E-state index is 0.0808. The standard InChI is InChI=1S/C29H34N6O/c30-26-19-25(27-28(32-26)34-35-33-27)24(22-12-5-2-6-13-22)15-18-31-29(17-8-14-23(36)20-29)16-7-11-21-9-3-1-4-10-21/h1-6,9-10,12-13,19,24,31H,7-8,11,14-18,20H2,(H3,30,32,33,34,35)/t24-,29?/m1/s1. The van der Waals surface area contributed by atoms with Crippen LogP contribution in [0.2, 0.25) is 0 Å². The van der Waals surface area contributed by atoms with Gasteiger partial charge in [0.2, 0.25) is 0 Å². The van der Waals surface area contributed by atoms with Crippen molar-refractivity contribution in [1.29, 1.82) is 0 Å². The van der Waals surface area contributed by atoms with Gasteiger partial charge >= 0.3 is 0 Å². The molecule has 0 spiro atoms. The molecule has 0 amide bonds. The number of aromatic amines is 1. The van der Waals surface area contributed by atoms with E-state index in [1.54, 1.807) is 0 Å². The first-order chi connectivity index (χ1) is 17.6. The van der Waals surface area contributed by atoms with E-state index < -0.39 is 0 Å². The predicted octanol–water partition coefficient (Wildman–Crippen LogP) is 4.95. The van der Waals surface area contributed by atoms with Gasteiger partial charge in [-0.05, 0) is 67.8 Å². The van der Waals surface area contributed by atoms with Crippen molar-refractivity contribution < 1.29 is 4.79 Å². The molecule has 1 saturated carbocycles. The topological polar surface area (TPSA) is 110 Å². The molecular formula is C29H34N6O. The van der Waals surface area contributed by atoms with Gasteiger partial charge in [-0.15, -0.1) is 5.10 Å². The number of nitrogens with one attached hydrogen (secondary N) is 2. The molecule has 7 nitrogen and oxygen atoms in total. The van der Waals surface area contributed by atoms with Crippen molar-refractivity contribution in [1.82, 2.24) is 25.7 Å². The number of pyridine rings is 1. The molecule has 186 valence electrons. The first-order valence-electron chi connectivity index (χ1n) is 12.9. The predicted molar refractivity (Wildman–Crippen MR) is 143 cm³/mol. The summed E-state index contributed by atoms with van der Waals surface area (Å²) in [6.07, 6.45) is 7.27. The van der Waals surface area contributed by atoms with Crippen molar-refractivity contribution >= 4 is 22.8 Å². The third-order valence-corrected chi connectivity index (χ3v) is 7.47. The minimum atomic E-state index is -0.133. The highest BCUT2D eigenvalue weighted by atomic mass is 16.1. The van der Waals surface area contributed by atoms with Crippen LogP contribution in [0, 0.1) is 0 Å². The second kappa shape index (κ2) is 11.0. The second-order valence-electron chi connectivity index (χ2n) is 10.0. The number of Topliss-reactive ketones (excluding diaryl/α,β-unsaturated/α-hetero) is 1. The molecule has 0 aliphatic heterocycles. The van der Waals surface area contributed by atoms with Crippen LogP contribution in [0.3, 0.4) is 0 Å². The molecule has 1 aliphatic carbocycles. The number of rotatable bonds is 10. The summed E-state index contributed by atoms with van der Waals surface area (Å²) in [6.45, 7) is 0.791. The number of aryl methyl sites for hydroxylation is 1. The largest absolute Gasteiger partial charge is 0.384 e. The Hall–Kier alpha value is -3.58. The number of ketones is 1. The van der Waals surface area contributed by atoms with Crippen molar-refractivity contribution in [3.8, 4) is 0 Å². The summed E-state index contributed by atoms with van der Waals surface area (Å²) in [5.74, 6) is 0.907. The van der Waals surface area contributed by atoms with Gasteiger partial charge < -0.3 is 11.1 Å². The number of nitrogen functional groups attached to an aromatic ring is 1. The molecule has 4 N–H and O–H groups in total. The lowest BCUT2D eigenvalue weighted by Gasteiger charge is -2.38. The van der Waals surface area contributed by atoms with Gasteiger partial charge in [-0.3, -0.25) is 4.79 Å². The van der Waals surface area contributed by atoms with Gasteiger partial charge in [0.1, 0.15) is 17.1 Å². The van der Waals surface area contributed by atoms with E-state index in [9.17, 15) is 4.79 Å². The first-order valence-corrected chi connectivity index (χ1v) is 12.9. The average Bonchev–Trinajstić information content (AvgIpc) is 3.36. The van der Waals surface area contributed by atoms with E-state index >= 15 is 0 Å². The van der Waals surface area contributed by atoms with Crippen LogP contribution in [-0.2, 0) is 11.2 Å². The quantitative estimate of drug-likeness (QED) is 0.295. The van der Waals surface area contributed by atoms with E-state index in [1.165, 1.54) is 11.1 Å². The molecule has 7 heteroatoms. The summed E-state index contributed by atoms with van der Waals surface area (Å²) in [7, 11) is 0. The lowest BCUT2D eigenvalue weighted by Crippen LogP contribution is -2.49. The Bertz CT molecular complexity index is 1290. The summed E-state index contributed by atoms with van der Waals surface area (Å²) >= 11 is 0. The number of hydrogen-bond acceptors (Lipinski definition) is 6. The molecular weight excluding hydrogens is 448 g/mol. The number of anilines is 1. The highest BCUT2D eigenvalue weighted by Crippen LogP contribution is 2.34. The van der Waals surface area contributed by atoms with Gasteiger partial charge in [0.15, 0.2) is 5.65 Å². The monoisotopic (exact) mass is 482 g/mol. The Balaban J connectivity index is 1.33. The Morgan fingerprint density at radius 2 is 1.86 bits per heavy atom. The Morgan fingerprint density at radius 3 is 2.64 bits per heavy atom. The lowest BCUT2D eigenvalue weighted by atomic mass is 9.77. The van der Waals surface area contributed by atoms with E-state index in [2.05, 4.69) is 80.3 Å². The van der Waals surface area contributed by atoms with Crippen LogP contribution in [0.5, 0.6) is 0 Å². The summed E-state index contributed by atoms with van der Waals surface area (Å²) in [4.78, 5) is 16.9. The molecule has 36 heavy (non-hydrogen) atoms. The van der Waals surface area contributed by atoms with E-state index in [-0.39, 0.29) is 11.5 Å². The van der Waals surface area contributed by atoms with Crippen molar-refractivity contribution in [2.24, 2.45) is 0 Å². The fraction of sp³-hybridized carbons (Fsp3) is 0.379. The van der Waals surface area contributed by atoms with Gasteiger partial charge in [0.25, 0.3) is 0 Å². The van der Waals surface area contributed by atoms with Crippen LogP contribution in [0.15, 0.2) is 66.7 Å². The molecule has 1 aliphatic rings. The highest BCUT2D eigenvalue weighted by Gasteiger charge is 2.35. The number of aromatic nitrogens is 4. The maximum Gasteiger partial charge on any atom is 0.178 e. The third-order valence-electron chi connectivity index (χ3n) is 7.47. The molecule has 5 rings (SSSR count). The number of carbonyl (C=O) groups excluding carboxylic acids is 1. The van der Waals surface area contributed by atoms with Crippen molar-refractivity contribution in [2.75, 3.05) is 12.3 Å². The number of hydrogen-bond donors (Lipinski definition) is 3. The Labute approximate surface area is 211 Å². The fourth-order valence-corrected chi connectivity index (χ4v) is 5.72. The number of H-pyrrole nitrogens is 1. The molecule has 1 fully saturated rings. The fourth-order valence-electron chi connectivity index (χ4n) is 5.72. The zero-order valence-electron chi connectivity index (χ0n) is 20.6. The van der Waals surface area contributed by atoms with Crippen LogP contribution in [0.25, 0.3) is 11.2 Å². The van der Waals surface area contributed by atoms with Crippen LogP contribution in [0.4, 0.5) is 5.82 Å². The maximum absolute atomic E-state index is 12.5. The SMILES string of the molecule is Nc1cc([C@H](CCNC2(CCCc3ccccc3)CCCC(=O)C2)c2ccccc2)c2nn[nH]c2n1. The second-order valence-corrected chi connectivity index (χ2v) is 10.0. The smallest absolute Gasteiger partial charge is 0.178 e. The highest BCUT2D eigenvalue weighted by molar-refractivity contribution is 5.80. The first kappa shape index (κ1) is 24.1. The average molecular weight is 483 g/mol. The van der Waals surface area contributed by atoms with Gasteiger partial charge in [-0.25, -0.2) is 10.1 Å². The Kier molecular flexibility index (Phi) is 7.37. The molecule has 2 aromatic heterocycles. The molecule has 0 radical (unpaired) electrons. The molecule has 0 bridgehead atoms. The number of benzene rings is 2. The molecule has 2 aromatic carbocycles. The van der Waals surface area contributed by atoms with Crippen LogP contribution >= 0.6 is 0 Å². The number of nitrogens with two attached hydrogens (primary N) is 1. The van der Waals surface area contributed by atoms with E-state index in [0.717, 1.165) is 56.1 Å². The summed E-state index contributed by atoms with van der Waals surface area (Å²) in [5.41, 5.74) is 10.9. The minimum Gasteiger partial charge on any atom is -0.384 e. The molecule has 2 heterocycles. The van der Waals surface area contributed by atoms with Gasteiger partial charge in [0, 0.05) is 24.3 Å². The van der Waals surface area contributed by atoms with Crippen LogP contribution in [0.1, 0.15) is 67.6 Å².